The van der Waals surface area contributed by atoms with Crippen LogP contribution >= 0.6 is 11.3 Å². The van der Waals surface area contributed by atoms with Crippen molar-refractivity contribution in [3.8, 4) is 0 Å². The molecule has 0 saturated heterocycles. The predicted octanol–water partition coefficient (Wildman–Crippen LogP) is 2.83. The van der Waals surface area contributed by atoms with Gasteiger partial charge in [0.2, 0.25) is 5.95 Å². The normalized spacial score (nSPS) is 16.3. The fourth-order valence-electron chi connectivity index (χ4n) is 2.79. The summed E-state index contributed by atoms with van der Waals surface area (Å²) in [6.07, 6.45) is 2.61. The monoisotopic (exact) mass is 306 g/mol. The lowest BCUT2D eigenvalue weighted by atomic mass is 10.1. The van der Waals surface area contributed by atoms with E-state index in [0.717, 1.165) is 28.5 Å². The summed E-state index contributed by atoms with van der Waals surface area (Å²) in [4.78, 5) is 13.5. The summed E-state index contributed by atoms with van der Waals surface area (Å²) in [6, 6.07) is 2.62. The first kappa shape index (κ1) is 14.5. The highest BCUT2D eigenvalue weighted by Gasteiger charge is 2.33. The molecule has 0 aliphatic heterocycles. The SMILES string of the molecule is COCCN(c1nc(N)nc2sc(C)cc12)C(C)C1CC1. The largest absolute Gasteiger partial charge is 0.383 e. The minimum absolute atomic E-state index is 0.352. The highest BCUT2D eigenvalue weighted by Crippen LogP contribution is 2.39. The van der Waals surface area contributed by atoms with Crippen molar-refractivity contribution in [3.05, 3.63) is 10.9 Å². The van der Waals surface area contributed by atoms with E-state index in [-0.39, 0.29) is 0 Å². The number of ether oxygens (including phenoxy) is 1. The minimum Gasteiger partial charge on any atom is -0.383 e. The van der Waals surface area contributed by atoms with E-state index < -0.39 is 0 Å². The van der Waals surface area contributed by atoms with Crippen LogP contribution in [-0.4, -0.2) is 36.3 Å². The second-order valence-electron chi connectivity index (χ2n) is 5.75. The van der Waals surface area contributed by atoms with E-state index in [1.54, 1.807) is 18.4 Å². The van der Waals surface area contributed by atoms with Gasteiger partial charge in [-0.25, -0.2) is 4.98 Å². The highest BCUT2D eigenvalue weighted by molar-refractivity contribution is 7.18. The maximum absolute atomic E-state index is 5.92. The topological polar surface area (TPSA) is 64.3 Å². The molecule has 6 heteroatoms. The lowest BCUT2D eigenvalue weighted by molar-refractivity contribution is 0.202. The molecule has 21 heavy (non-hydrogen) atoms. The molecule has 5 nitrogen and oxygen atoms in total. The average molecular weight is 306 g/mol. The van der Waals surface area contributed by atoms with Crippen molar-refractivity contribution in [1.82, 2.24) is 9.97 Å². The van der Waals surface area contributed by atoms with E-state index in [9.17, 15) is 0 Å². The first-order chi connectivity index (χ1) is 10.1. The first-order valence-corrected chi connectivity index (χ1v) is 8.21. The van der Waals surface area contributed by atoms with Crippen molar-refractivity contribution >= 4 is 33.3 Å². The molecular weight excluding hydrogens is 284 g/mol. The number of hydrogen-bond donors (Lipinski definition) is 1. The Balaban J connectivity index is 2.04. The Morgan fingerprint density at radius 3 is 2.90 bits per heavy atom. The molecule has 0 spiro atoms. The molecule has 114 valence electrons. The van der Waals surface area contributed by atoms with Crippen molar-refractivity contribution in [2.24, 2.45) is 5.92 Å². The Labute approximate surface area is 129 Å². The Kier molecular flexibility index (Phi) is 3.99. The molecule has 2 heterocycles. The smallest absolute Gasteiger partial charge is 0.223 e. The quantitative estimate of drug-likeness (QED) is 0.889. The molecule has 0 amide bonds. The maximum atomic E-state index is 5.92. The minimum atomic E-state index is 0.352. The molecule has 1 fully saturated rings. The van der Waals surface area contributed by atoms with Crippen LogP contribution in [0.5, 0.6) is 0 Å². The number of fused-ring (bicyclic) bond motifs is 1. The van der Waals surface area contributed by atoms with Gasteiger partial charge in [0.25, 0.3) is 0 Å². The van der Waals surface area contributed by atoms with Crippen LogP contribution in [0.15, 0.2) is 6.07 Å². The molecule has 1 aliphatic carbocycles. The van der Waals surface area contributed by atoms with Crippen LogP contribution in [0, 0.1) is 12.8 Å². The number of hydrogen-bond acceptors (Lipinski definition) is 6. The van der Waals surface area contributed by atoms with Crippen LogP contribution in [0.3, 0.4) is 0 Å². The third-order valence-corrected chi connectivity index (χ3v) is 5.06. The summed E-state index contributed by atoms with van der Waals surface area (Å²) in [7, 11) is 1.73. The maximum Gasteiger partial charge on any atom is 0.223 e. The molecule has 2 aromatic heterocycles. The van der Waals surface area contributed by atoms with Crippen LogP contribution < -0.4 is 10.6 Å². The second kappa shape index (κ2) is 5.77. The van der Waals surface area contributed by atoms with Crippen LogP contribution in [0.2, 0.25) is 0 Å². The molecule has 2 aromatic rings. The zero-order chi connectivity index (χ0) is 15.0. The summed E-state index contributed by atoms with van der Waals surface area (Å²) in [5.41, 5.74) is 5.92. The molecule has 1 saturated carbocycles. The van der Waals surface area contributed by atoms with Gasteiger partial charge in [-0.15, -0.1) is 11.3 Å². The van der Waals surface area contributed by atoms with E-state index in [2.05, 4.69) is 34.8 Å². The lowest BCUT2D eigenvalue weighted by Gasteiger charge is -2.30. The standard InChI is InChI=1S/C15H22N4OS/c1-9-8-12-13(17-15(16)18-14(12)21-9)19(6-7-20-3)10(2)11-4-5-11/h8,10-11H,4-7H2,1-3H3,(H2,16,17,18). The number of methoxy groups -OCH3 is 1. The molecule has 3 rings (SSSR count). The van der Waals surface area contributed by atoms with E-state index in [0.29, 0.717) is 18.6 Å². The molecule has 0 aromatic carbocycles. The number of nitrogens with zero attached hydrogens (tertiary/aromatic N) is 3. The van der Waals surface area contributed by atoms with Gasteiger partial charge in [-0.3, -0.25) is 0 Å². The van der Waals surface area contributed by atoms with Gasteiger partial charge >= 0.3 is 0 Å². The third-order valence-electron chi connectivity index (χ3n) is 4.12. The number of rotatable bonds is 6. The summed E-state index contributed by atoms with van der Waals surface area (Å²) in [6.45, 7) is 5.88. The summed E-state index contributed by atoms with van der Waals surface area (Å²) in [5, 5.41) is 1.11. The Morgan fingerprint density at radius 1 is 1.48 bits per heavy atom. The van der Waals surface area contributed by atoms with E-state index >= 15 is 0 Å². The molecular formula is C15H22N4OS. The number of nitrogen functional groups attached to an aromatic ring is 1. The van der Waals surface area contributed by atoms with Gasteiger partial charge in [0, 0.05) is 24.6 Å². The Morgan fingerprint density at radius 2 is 2.24 bits per heavy atom. The number of aryl methyl sites for hydroxylation is 1. The summed E-state index contributed by atoms with van der Waals surface area (Å²) < 4.78 is 5.28. The van der Waals surface area contributed by atoms with Crippen LogP contribution in [0.25, 0.3) is 10.2 Å². The fourth-order valence-corrected chi connectivity index (χ4v) is 3.67. The van der Waals surface area contributed by atoms with Crippen molar-refractivity contribution < 1.29 is 4.74 Å². The molecule has 1 unspecified atom stereocenters. The third kappa shape index (κ3) is 2.96. The predicted molar refractivity (Wildman–Crippen MR) is 88.0 cm³/mol. The zero-order valence-corrected chi connectivity index (χ0v) is 13.6. The number of anilines is 2. The van der Waals surface area contributed by atoms with Crippen LogP contribution in [0.1, 0.15) is 24.6 Å². The number of nitrogens with two attached hydrogens (primary N) is 1. The van der Waals surface area contributed by atoms with Gasteiger partial charge in [-0.2, -0.15) is 4.98 Å². The van der Waals surface area contributed by atoms with E-state index in [1.807, 2.05) is 0 Å². The number of thiophene rings is 1. The van der Waals surface area contributed by atoms with Gasteiger partial charge < -0.3 is 15.4 Å². The van der Waals surface area contributed by atoms with Crippen LogP contribution in [-0.2, 0) is 4.74 Å². The van der Waals surface area contributed by atoms with Crippen LogP contribution in [0.4, 0.5) is 11.8 Å². The van der Waals surface area contributed by atoms with Gasteiger partial charge in [0.15, 0.2) is 0 Å². The average Bonchev–Trinajstić information content (AvgIpc) is 3.21. The molecule has 0 radical (unpaired) electrons. The number of aromatic nitrogens is 2. The van der Waals surface area contributed by atoms with Crippen molar-refractivity contribution in [2.45, 2.75) is 32.7 Å². The highest BCUT2D eigenvalue weighted by atomic mass is 32.1. The summed E-state index contributed by atoms with van der Waals surface area (Å²) in [5.74, 6) is 2.07. The van der Waals surface area contributed by atoms with Gasteiger partial charge in [-0.1, -0.05) is 0 Å². The van der Waals surface area contributed by atoms with E-state index in [4.69, 9.17) is 10.5 Å². The zero-order valence-electron chi connectivity index (χ0n) is 12.8. The van der Waals surface area contributed by atoms with Crippen molar-refractivity contribution in [3.63, 3.8) is 0 Å². The lowest BCUT2D eigenvalue weighted by Crippen LogP contribution is -2.38. The molecule has 1 atom stereocenters. The van der Waals surface area contributed by atoms with E-state index in [1.165, 1.54) is 17.7 Å². The Bertz CT molecular complexity index is 638. The van der Waals surface area contributed by atoms with Crippen molar-refractivity contribution in [2.75, 3.05) is 30.9 Å². The van der Waals surface area contributed by atoms with Gasteiger partial charge in [0.1, 0.15) is 10.6 Å². The second-order valence-corrected chi connectivity index (χ2v) is 6.98. The Hall–Kier alpha value is -1.40. The van der Waals surface area contributed by atoms with Gasteiger partial charge in [-0.05, 0) is 38.7 Å². The molecule has 0 bridgehead atoms. The van der Waals surface area contributed by atoms with Gasteiger partial charge in [0.05, 0.1) is 12.0 Å². The van der Waals surface area contributed by atoms with Crippen molar-refractivity contribution in [1.29, 1.82) is 0 Å². The summed E-state index contributed by atoms with van der Waals surface area (Å²) >= 11 is 1.67. The molecule has 1 aliphatic rings. The first-order valence-electron chi connectivity index (χ1n) is 7.39. The molecule has 2 N–H and O–H groups in total. The fraction of sp³-hybridized carbons (Fsp3) is 0.600.